The monoisotopic (exact) mass is 255 g/mol. The molecule has 3 heteroatoms. The molecule has 0 aliphatic carbocycles. The molecule has 1 amide bonds. The summed E-state index contributed by atoms with van der Waals surface area (Å²) in [7, 11) is 0. The van der Waals surface area contributed by atoms with Crippen molar-refractivity contribution in [3.63, 3.8) is 0 Å². The highest BCUT2D eigenvalue weighted by atomic mass is 16.5. The molecule has 0 saturated carbocycles. The Morgan fingerprint density at radius 2 is 1.89 bits per heavy atom. The molecule has 3 nitrogen and oxygen atoms in total. The molecule has 1 aliphatic heterocycles. The van der Waals surface area contributed by atoms with Crippen LogP contribution in [0.5, 0.6) is 0 Å². The maximum Gasteiger partial charge on any atom is 0.223 e. The summed E-state index contributed by atoms with van der Waals surface area (Å²) in [4.78, 5) is 14.2. The Morgan fingerprint density at radius 1 is 1.22 bits per heavy atom. The molecular formula is C15H29NO2. The van der Waals surface area contributed by atoms with Crippen LogP contribution in [0, 0.1) is 5.41 Å². The smallest absolute Gasteiger partial charge is 0.223 e. The largest absolute Gasteiger partial charge is 0.378 e. The van der Waals surface area contributed by atoms with E-state index >= 15 is 0 Å². The van der Waals surface area contributed by atoms with E-state index in [-0.39, 0.29) is 5.41 Å². The topological polar surface area (TPSA) is 29.5 Å². The summed E-state index contributed by atoms with van der Waals surface area (Å²) in [5.74, 6) is 0.319. The lowest BCUT2D eigenvalue weighted by molar-refractivity contribution is -0.137. The number of amides is 1. The first-order valence-corrected chi connectivity index (χ1v) is 7.47. The molecule has 0 radical (unpaired) electrons. The first-order valence-electron chi connectivity index (χ1n) is 7.47. The van der Waals surface area contributed by atoms with Gasteiger partial charge in [0.05, 0.1) is 13.2 Å². The van der Waals surface area contributed by atoms with Gasteiger partial charge in [-0.1, -0.05) is 46.5 Å². The third-order valence-electron chi connectivity index (χ3n) is 4.18. The van der Waals surface area contributed by atoms with E-state index in [1.54, 1.807) is 0 Å². The number of unbranched alkanes of at least 4 members (excludes halogenated alkanes) is 2. The van der Waals surface area contributed by atoms with Crippen molar-refractivity contribution >= 4 is 5.91 Å². The van der Waals surface area contributed by atoms with Gasteiger partial charge in [-0.2, -0.15) is 0 Å². The minimum atomic E-state index is 0.185. The highest BCUT2D eigenvalue weighted by Crippen LogP contribution is 2.33. The van der Waals surface area contributed by atoms with Crippen LogP contribution in [0.15, 0.2) is 0 Å². The van der Waals surface area contributed by atoms with E-state index in [0.717, 1.165) is 19.5 Å². The van der Waals surface area contributed by atoms with Gasteiger partial charge in [0.1, 0.15) is 0 Å². The summed E-state index contributed by atoms with van der Waals surface area (Å²) in [6.07, 6.45) is 6.74. The van der Waals surface area contributed by atoms with Gasteiger partial charge in [-0.25, -0.2) is 0 Å². The normalized spacial score (nSPS) is 19.6. The molecule has 106 valence electrons. The summed E-state index contributed by atoms with van der Waals surface area (Å²) < 4.78 is 5.29. The number of carbonyl (C=O) groups is 1. The van der Waals surface area contributed by atoms with Crippen LogP contribution in [0.25, 0.3) is 0 Å². The van der Waals surface area contributed by atoms with Crippen LogP contribution in [-0.4, -0.2) is 37.1 Å². The van der Waals surface area contributed by atoms with E-state index in [4.69, 9.17) is 4.74 Å². The number of hydrogen-bond acceptors (Lipinski definition) is 2. The molecule has 0 spiro atoms. The van der Waals surface area contributed by atoms with Crippen molar-refractivity contribution in [1.29, 1.82) is 0 Å². The van der Waals surface area contributed by atoms with Gasteiger partial charge in [-0.15, -0.1) is 0 Å². The van der Waals surface area contributed by atoms with E-state index < -0.39 is 0 Å². The Balaban J connectivity index is 2.42. The number of rotatable bonds is 7. The maximum absolute atomic E-state index is 12.3. The highest BCUT2D eigenvalue weighted by molar-refractivity contribution is 5.77. The van der Waals surface area contributed by atoms with Gasteiger partial charge in [-0.3, -0.25) is 4.79 Å². The van der Waals surface area contributed by atoms with Crippen LogP contribution >= 0.6 is 0 Å². The molecule has 1 fully saturated rings. The molecule has 0 aromatic rings. The molecule has 18 heavy (non-hydrogen) atoms. The van der Waals surface area contributed by atoms with Crippen molar-refractivity contribution in [3.8, 4) is 0 Å². The van der Waals surface area contributed by atoms with Crippen molar-refractivity contribution in [2.75, 3.05) is 26.3 Å². The van der Waals surface area contributed by atoms with Crippen LogP contribution in [0.1, 0.15) is 59.3 Å². The number of morpholine rings is 1. The van der Waals surface area contributed by atoms with Crippen molar-refractivity contribution in [1.82, 2.24) is 4.90 Å². The SMILES string of the molecule is CCCCCC(C)(CC)CC(=O)N1CCOCC1. The zero-order valence-corrected chi connectivity index (χ0v) is 12.3. The molecular weight excluding hydrogens is 226 g/mol. The number of hydrogen-bond donors (Lipinski definition) is 0. The second-order valence-electron chi connectivity index (χ2n) is 5.79. The second kappa shape index (κ2) is 7.78. The minimum Gasteiger partial charge on any atom is -0.378 e. The van der Waals surface area contributed by atoms with E-state index in [9.17, 15) is 4.79 Å². The molecule has 1 unspecified atom stereocenters. The van der Waals surface area contributed by atoms with E-state index in [0.29, 0.717) is 25.5 Å². The van der Waals surface area contributed by atoms with Crippen LogP contribution in [0.2, 0.25) is 0 Å². The summed E-state index contributed by atoms with van der Waals surface area (Å²) in [6.45, 7) is 9.64. The zero-order valence-electron chi connectivity index (χ0n) is 12.3. The van der Waals surface area contributed by atoms with E-state index in [2.05, 4.69) is 20.8 Å². The third kappa shape index (κ3) is 4.97. The second-order valence-corrected chi connectivity index (χ2v) is 5.79. The maximum atomic E-state index is 12.3. The van der Waals surface area contributed by atoms with Crippen LogP contribution in [0.4, 0.5) is 0 Å². The standard InChI is InChI=1S/C15H29NO2/c1-4-6-7-8-15(3,5-2)13-14(17)16-9-11-18-12-10-16/h4-13H2,1-3H3. The predicted octanol–water partition coefficient (Wildman–Crippen LogP) is 3.23. The zero-order chi connectivity index (χ0) is 13.4. The minimum absolute atomic E-state index is 0.185. The molecule has 1 saturated heterocycles. The Bertz CT molecular complexity index is 249. The first-order chi connectivity index (χ1) is 8.61. The fourth-order valence-corrected chi connectivity index (χ4v) is 2.48. The molecule has 1 aliphatic rings. The molecule has 0 bridgehead atoms. The molecule has 1 heterocycles. The molecule has 0 N–H and O–H groups in total. The van der Waals surface area contributed by atoms with Crippen LogP contribution < -0.4 is 0 Å². The van der Waals surface area contributed by atoms with Gasteiger partial charge < -0.3 is 9.64 Å². The summed E-state index contributed by atoms with van der Waals surface area (Å²) in [5, 5.41) is 0. The molecule has 1 rings (SSSR count). The lowest BCUT2D eigenvalue weighted by Gasteiger charge is -2.33. The van der Waals surface area contributed by atoms with Crippen LogP contribution in [-0.2, 0) is 9.53 Å². The first kappa shape index (κ1) is 15.5. The molecule has 0 aromatic carbocycles. The number of nitrogens with zero attached hydrogens (tertiary/aromatic N) is 1. The fraction of sp³-hybridized carbons (Fsp3) is 0.933. The van der Waals surface area contributed by atoms with Gasteiger partial charge in [0.25, 0.3) is 0 Å². The summed E-state index contributed by atoms with van der Waals surface area (Å²) >= 11 is 0. The van der Waals surface area contributed by atoms with Gasteiger partial charge in [0.2, 0.25) is 5.91 Å². The average molecular weight is 255 g/mol. The number of carbonyl (C=O) groups excluding carboxylic acids is 1. The van der Waals surface area contributed by atoms with Gasteiger partial charge in [0, 0.05) is 19.5 Å². The van der Waals surface area contributed by atoms with E-state index in [1.807, 2.05) is 4.90 Å². The Morgan fingerprint density at radius 3 is 2.44 bits per heavy atom. The Kier molecular flexibility index (Phi) is 6.69. The van der Waals surface area contributed by atoms with Crippen LogP contribution in [0.3, 0.4) is 0 Å². The van der Waals surface area contributed by atoms with Crippen molar-refractivity contribution in [2.45, 2.75) is 59.3 Å². The Hall–Kier alpha value is -0.570. The van der Waals surface area contributed by atoms with Crippen molar-refractivity contribution in [3.05, 3.63) is 0 Å². The molecule has 0 aromatic heterocycles. The summed E-state index contributed by atoms with van der Waals surface area (Å²) in [5.41, 5.74) is 0.185. The third-order valence-corrected chi connectivity index (χ3v) is 4.18. The quantitative estimate of drug-likeness (QED) is 0.654. The van der Waals surface area contributed by atoms with Gasteiger partial charge in [-0.05, 0) is 11.8 Å². The van der Waals surface area contributed by atoms with Gasteiger partial charge >= 0.3 is 0 Å². The highest BCUT2D eigenvalue weighted by Gasteiger charge is 2.28. The van der Waals surface area contributed by atoms with Crippen molar-refractivity contribution in [2.24, 2.45) is 5.41 Å². The lowest BCUT2D eigenvalue weighted by Crippen LogP contribution is -2.42. The van der Waals surface area contributed by atoms with Crippen molar-refractivity contribution < 1.29 is 9.53 Å². The Labute approximate surface area is 112 Å². The average Bonchev–Trinajstić information content (AvgIpc) is 2.40. The molecule has 1 atom stereocenters. The summed E-state index contributed by atoms with van der Waals surface area (Å²) in [6, 6.07) is 0. The number of ether oxygens (including phenoxy) is 1. The van der Waals surface area contributed by atoms with E-state index in [1.165, 1.54) is 25.7 Å². The van der Waals surface area contributed by atoms with Gasteiger partial charge in [0.15, 0.2) is 0 Å². The predicted molar refractivity (Wildman–Crippen MR) is 74.6 cm³/mol. The fourth-order valence-electron chi connectivity index (χ4n) is 2.48. The lowest BCUT2D eigenvalue weighted by atomic mass is 9.78.